The number of ether oxygens (including phenoxy) is 1. The Morgan fingerprint density at radius 3 is 2.83 bits per heavy atom. The highest BCUT2D eigenvalue weighted by Crippen LogP contribution is 2.16. The minimum absolute atomic E-state index is 0.388. The van der Waals surface area contributed by atoms with Crippen LogP contribution in [-0.2, 0) is 5.88 Å². The highest BCUT2D eigenvalue weighted by Gasteiger charge is 2.11. The van der Waals surface area contributed by atoms with E-state index in [0.717, 1.165) is 17.9 Å². The van der Waals surface area contributed by atoms with Crippen LogP contribution >= 0.6 is 11.6 Å². The highest BCUT2D eigenvalue weighted by molar-refractivity contribution is 6.17. The second-order valence-electron chi connectivity index (χ2n) is 4.63. The summed E-state index contributed by atoms with van der Waals surface area (Å²) in [5.41, 5.74) is 0.862. The third-order valence-electron chi connectivity index (χ3n) is 3.18. The van der Waals surface area contributed by atoms with Crippen LogP contribution in [0.1, 0.15) is 30.7 Å². The third-order valence-corrected chi connectivity index (χ3v) is 3.47. The van der Waals surface area contributed by atoms with E-state index in [0.29, 0.717) is 18.4 Å². The molecule has 0 saturated carbocycles. The van der Waals surface area contributed by atoms with E-state index in [1.54, 1.807) is 6.20 Å². The lowest BCUT2D eigenvalue weighted by atomic mass is 10.1. The fourth-order valence-corrected chi connectivity index (χ4v) is 2.33. The van der Waals surface area contributed by atoms with Gasteiger partial charge in [0, 0.05) is 18.3 Å². The summed E-state index contributed by atoms with van der Waals surface area (Å²) in [7, 11) is 0. The van der Waals surface area contributed by atoms with Crippen molar-refractivity contribution in [3.05, 3.63) is 17.6 Å². The summed E-state index contributed by atoms with van der Waals surface area (Å²) in [6, 6.07) is 0. The van der Waals surface area contributed by atoms with Gasteiger partial charge >= 0.3 is 0 Å². The van der Waals surface area contributed by atoms with E-state index in [4.69, 9.17) is 16.3 Å². The lowest BCUT2D eigenvalue weighted by Gasteiger charge is -2.26. The lowest BCUT2D eigenvalue weighted by molar-refractivity contribution is 0.179. The number of nitrogens with zero attached hydrogens (tertiary/aromatic N) is 3. The first-order chi connectivity index (χ1) is 8.79. The Morgan fingerprint density at radius 2 is 2.11 bits per heavy atom. The molecule has 1 aliphatic rings. The third kappa shape index (κ3) is 3.82. The van der Waals surface area contributed by atoms with Gasteiger partial charge in [-0.25, -0.2) is 4.98 Å². The topological polar surface area (TPSA) is 38.2 Å². The smallest absolute Gasteiger partial charge is 0.221 e. The van der Waals surface area contributed by atoms with Crippen LogP contribution in [0.3, 0.4) is 0 Å². The summed E-state index contributed by atoms with van der Waals surface area (Å²) < 4.78 is 5.73. The van der Waals surface area contributed by atoms with Gasteiger partial charge in [0.1, 0.15) is 12.4 Å². The number of hydrogen-bond donors (Lipinski definition) is 0. The lowest BCUT2D eigenvalue weighted by Crippen LogP contribution is -2.33. The molecule has 2 rings (SSSR count). The van der Waals surface area contributed by atoms with Crippen molar-refractivity contribution in [2.24, 2.45) is 0 Å². The maximum Gasteiger partial charge on any atom is 0.221 e. The van der Waals surface area contributed by atoms with Crippen molar-refractivity contribution in [1.82, 2.24) is 14.9 Å². The molecular weight excluding hydrogens is 250 g/mol. The maximum absolute atomic E-state index is 5.84. The van der Waals surface area contributed by atoms with Gasteiger partial charge in [0.05, 0.1) is 5.88 Å². The second-order valence-corrected chi connectivity index (χ2v) is 4.90. The molecule has 1 aliphatic heterocycles. The van der Waals surface area contributed by atoms with Crippen molar-refractivity contribution in [3.63, 3.8) is 0 Å². The van der Waals surface area contributed by atoms with Crippen molar-refractivity contribution >= 4 is 11.6 Å². The summed E-state index contributed by atoms with van der Waals surface area (Å²) in [6.45, 7) is 5.86. The molecule has 100 valence electrons. The molecule has 0 aromatic carbocycles. The molecule has 0 aliphatic carbocycles. The predicted octanol–water partition coefficient (Wildman–Crippen LogP) is 2.39. The normalized spacial score (nSPS) is 16.8. The fourth-order valence-electron chi connectivity index (χ4n) is 2.15. The predicted molar refractivity (Wildman–Crippen MR) is 72.1 cm³/mol. The first kappa shape index (κ1) is 13.6. The molecule has 0 spiro atoms. The number of halogens is 1. The van der Waals surface area contributed by atoms with Crippen LogP contribution in [0.25, 0.3) is 0 Å². The van der Waals surface area contributed by atoms with Crippen LogP contribution in [0.2, 0.25) is 0 Å². The Labute approximate surface area is 113 Å². The molecule has 5 heteroatoms. The van der Waals surface area contributed by atoms with E-state index in [2.05, 4.69) is 14.9 Å². The molecule has 0 atom stereocenters. The molecule has 1 aromatic rings. The molecule has 0 amide bonds. The van der Waals surface area contributed by atoms with Gasteiger partial charge in [-0.05, 0) is 32.9 Å². The zero-order valence-electron chi connectivity index (χ0n) is 10.9. The SMILES string of the molecule is Cc1ncc(CCl)c(OCCN2CCCCC2)n1. The Balaban J connectivity index is 1.83. The summed E-state index contributed by atoms with van der Waals surface area (Å²) in [6.07, 6.45) is 5.71. The highest BCUT2D eigenvalue weighted by atomic mass is 35.5. The zero-order valence-corrected chi connectivity index (χ0v) is 11.6. The van der Waals surface area contributed by atoms with E-state index in [1.807, 2.05) is 6.92 Å². The molecule has 0 radical (unpaired) electrons. The standard InChI is InChI=1S/C13H20ClN3O/c1-11-15-10-12(9-14)13(16-11)18-8-7-17-5-3-2-4-6-17/h10H,2-9H2,1H3. The van der Waals surface area contributed by atoms with Crippen LogP contribution in [0, 0.1) is 6.92 Å². The van der Waals surface area contributed by atoms with Gasteiger partial charge in [0.2, 0.25) is 5.88 Å². The van der Waals surface area contributed by atoms with Crippen LogP contribution in [-0.4, -0.2) is 41.1 Å². The summed E-state index contributed by atoms with van der Waals surface area (Å²) >= 11 is 5.84. The number of hydrogen-bond acceptors (Lipinski definition) is 4. The minimum Gasteiger partial charge on any atom is -0.476 e. The van der Waals surface area contributed by atoms with E-state index in [1.165, 1.54) is 32.4 Å². The summed E-state index contributed by atoms with van der Waals surface area (Å²) in [5, 5.41) is 0. The molecule has 2 heterocycles. The van der Waals surface area contributed by atoms with Crippen molar-refractivity contribution < 1.29 is 4.74 Å². The molecule has 1 fully saturated rings. The molecule has 0 bridgehead atoms. The number of likely N-dealkylation sites (tertiary alicyclic amines) is 1. The fraction of sp³-hybridized carbons (Fsp3) is 0.692. The quantitative estimate of drug-likeness (QED) is 0.770. The number of rotatable bonds is 5. The summed E-state index contributed by atoms with van der Waals surface area (Å²) in [4.78, 5) is 10.9. The monoisotopic (exact) mass is 269 g/mol. The maximum atomic E-state index is 5.84. The second kappa shape index (κ2) is 6.90. The molecule has 0 N–H and O–H groups in total. The van der Waals surface area contributed by atoms with Crippen LogP contribution in [0.15, 0.2) is 6.20 Å². The van der Waals surface area contributed by atoms with E-state index < -0.39 is 0 Å². The van der Waals surface area contributed by atoms with Gasteiger partial charge in [-0.1, -0.05) is 6.42 Å². The number of aromatic nitrogens is 2. The van der Waals surface area contributed by atoms with Gasteiger partial charge in [-0.3, -0.25) is 4.90 Å². The van der Waals surface area contributed by atoms with Crippen molar-refractivity contribution in [2.45, 2.75) is 32.1 Å². The Bertz CT molecular complexity index is 380. The van der Waals surface area contributed by atoms with Gasteiger partial charge < -0.3 is 4.74 Å². The number of piperidine rings is 1. The van der Waals surface area contributed by atoms with Crippen molar-refractivity contribution in [1.29, 1.82) is 0 Å². The Morgan fingerprint density at radius 1 is 1.33 bits per heavy atom. The van der Waals surface area contributed by atoms with Crippen LogP contribution in [0.4, 0.5) is 0 Å². The molecule has 18 heavy (non-hydrogen) atoms. The van der Waals surface area contributed by atoms with Gasteiger partial charge in [-0.2, -0.15) is 4.98 Å². The molecule has 1 saturated heterocycles. The molecule has 4 nitrogen and oxygen atoms in total. The Kier molecular flexibility index (Phi) is 5.20. The first-order valence-corrected chi connectivity index (χ1v) is 7.06. The average molecular weight is 270 g/mol. The van der Waals surface area contributed by atoms with Crippen LogP contribution < -0.4 is 4.74 Å². The molecule has 0 unspecified atom stereocenters. The van der Waals surface area contributed by atoms with E-state index in [9.17, 15) is 0 Å². The largest absolute Gasteiger partial charge is 0.476 e. The molecule has 1 aromatic heterocycles. The van der Waals surface area contributed by atoms with Crippen molar-refractivity contribution in [3.8, 4) is 5.88 Å². The van der Waals surface area contributed by atoms with Crippen LogP contribution in [0.5, 0.6) is 5.88 Å². The van der Waals surface area contributed by atoms with Gasteiger partial charge in [0.25, 0.3) is 0 Å². The van der Waals surface area contributed by atoms with E-state index in [-0.39, 0.29) is 0 Å². The van der Waals surface area contributed by atoms with Crippen molar-refractivity contribution in [2.75, 3.05) is 26.2 Å². The Hall–Kier alpha value is -0.870. The van der Waals surface area contributed by atoms with Gasteiger partial charge in [-0.15, -0.1) is 11.6 Å². The number of alkyl halides is 1. The van der Waals surface area contributed by atoms with Gasteiger partial charge in [0.15, 0.2) is 0 Å². The average Bonchev–Trinajstić information content (AvgIpc) is 2.40. The first-order valence-electron chi connectivity index (χ1n) is 6.53. The molecular formula is C13H20ClN3O. The number of aryl methyl sites for hydroxylation is 1. The summed E-state index contributed by atoms with van der Waals surface area (Å²) in [5.74, 6) is 1.74. The minimum atomic E-state index is 0.388. The van der Waals surface area contributed by atoms with E-state index >= 15 is 0 Å². The zero-order chi connectivity index (χ0) is 12.8.